The molecule has 1 N–H and O–H groups in total. The molecule has 0 saturated carbocycles. The molecule has 0 saturated heterocycles. The third-order valence-corrected chi connectivity index (χ3v) is 7.10. The summed E-state index contributed by atoms with van der Waals surface area (Å²) in [6, 6.07) is 15.3. The molecule has 0 aliphatic rings. The molecule has 3 aromatic carbocycles. The minimum atomic E-state index is -0.231. The van der Waals surface area contributed by atoms with Crippen LogP contribution in [0.5, 0.6) is 23.0 Å². The van der Waals surface area contributed by atoms with Crippen molar-refractivity contribution in [3.8, 4) is 33.6 Å². The fraction of sp³-hybridized carbons (Fsp3) is 0.154. The molecule has 9 heteroatoms. The third-order valence-electron chi connectivity index (χ3n) is 5.25. The summed E-state index contributed by atoms with van der Waals surface area (Å²) in [4.78, 5) is 17.5. The van der Waals surface area contributed by atoms with Crippen LogP contribution in [0.3, 0.4) is 0 Å². The van der Waals surface area contributed by atoms with Crippen LogP contribution in [0, 0.1) is 0 Å². The smallest absolute Gasteiger partial charge is 0.204 e. The maximum atomic E-state index is 12.8. The molecule has 1 aromatic heterocycles. The minimum Gasteiger partial charge on any atom is -0.497 e. The first-order valence-electron chi connectivity index (χ1n) is 10.5. The number of rotatable bonds is 9. The first-order chi connectivity index (χ1) is 17.0. The van der Waals surface area contributed by atoms with E-state index in [4.69, 9.17) is 23.9 Å². The topological polar surface area (TPSA) is 78.9 Å². The van der Waals surface area contributed by atoms with Crippen LogP contribution in [-0.4, -0.2) is 39.2 Å². The van der Waals surface area contributed by atoms with Crippen LogP contribution in [0.2, 0.25) is 0 Å². The monoisotopic (exact) mass is 554 g/mol. The summed E-state index contributed by atoms with van der Waals surface area (Å²) in [6.45, 7) is 0. The second-order valence-corrected chi connectivity index (χ2v) is 9.10. The van der Waals surface area contributed by atoms with E-state index in [2.05, 4.69) is 21.2 Å². The van der Waals surface area contributed by atoms with Gasteiger partial charge in [-0.2, -0.15) is 0 Å². The third kappa shape index (κ3) is 5.11. The normalized spacial score (nSPS) is 11.0. The van der Waals surface area contributed by atoms with Crippen molar-refractivity contribution in [1.29, 1.82) is 0 Å². The number of benzene rings is 3. The Kier molecular flexibility index (Phi) is 7.57. The SMILES string of the molecule is COc1ccc2nc(-c3ccc(N/C=C\C(=O)c4cc(OC)c(OC)c(OC)c4Br)cc3)sc2c1. The summed E-state index contributed by atoms with van der Waals surface area (Å²) in [7, 11) is 6.17. The number of nitrogens with one attached hydrogen (secondary N) is 1. The highest BCUT2D eigenvalue weighted by Crippen LogP contribution is 2.45. The lowest BCUT2D eigenvalue weighted by atomic mass is 10.1. The van der Waals surface area contributed by atoms with Crippen molar-refractivity contribution in [3.05, 3.63) is 70.8 Å². The molecule has 4 aromatic rings. The zero-order valence-corrected chi connectivity index (χ0v) is 22.0. The predicted octanol–water partition coefficient (Wildman–Crippen LogP) is 6.57. The molecule has 0 bridgehead atoms. The number of carbonyl (C=O) groups is 1. The van der Waals surface area contributed by atoms with E-state index in [1.165, 1.54) is 27.4 Å². The predicted molar refractivity (Wildman–Crippen MR) is 142 cm³/mol. The van der Waals surface area contributed by atoms with E-state index in [-0.39, 0.29) is 5.78 Å². The summed E-state index contributed by atoms with van der Waals surface area (Å²) in [6.07, 6.45) is 3.04. The van der Waals surface area contributed by atoms with Crippen LogP contribution in [0.25, 0.3) is 20.8 Å². The van der Waals surface area contributed by atoms with Crippen LogP contribution >= 0.6 is 27.3 Å². The van der Waals surface area contributed by atoms with Gasteiger partial charge >= 0.3 is 0 Å². The summed E-state index contributed by atoms with van der Waals surface area (Å²) in [5, 5.41) is 4.06. The number of hydrogen-bond acceptors (Lipinski definition) is 8. The lowest BCUT2D eigenvalue weighted by molar-refractivity contribution is 0.104. The van der Waals surface area contributed by atoms with Crippen molar-refractivity contribution in [2.75, 3.05) is 33.8 Å². The molecule has 0 aliphatic heterocycles. The molecule has 0 radical (unpaired) electrons. The van der Waals surface area contributed by atoms with E-state index in [0.717, 1.165) is 32.2 Å². The van der Waals surface area contributed by atoms with E-state index in [0.29, 0.717) is 27.3 Å². The maximum absolute atomic E-state index is 12.8. The highest BCUT2D eigenvalue weighted by atomic mass is 79.9. The number of halogens is 1. The molecule has 0 spiro atoms. The van der Waals surface area contributed by atoms with Gasteiger partial charge < -0.3 is 24.3 Å². The standard InChI is InChI=1S/C26H23BrN2O5S/c1-31-17-9-10-19-22(13-17)35-26(29-19)15-5-7-16(8-6-15)28-12-11-20(30)18-14-21(32-2)24(33-3)25(34-4)23(18)27/h5-14,28H,1-4H3/b12-11-. The zero-order valence-electron chi connectivity index (χ0n) is 19.5. The first-order valence-corrected chi connectivity index (χ1v) is 12.1. The summed E-state index contributed by atoms with van der Waals surface area (Å²) in [5.74, 6) is 1.78. The van der Waals surface area contributed by atoms with Gasteiger partial charge in [-0.05, 0) is 64.5 Å². The Hall–Kier alpha value is -3.56. The number of ketones is 1. The Morgan fingerprint density at radius 1 is 0.943 bits per heavy atom. The maximum Gasteiger partial charge on any atom is 0.204 e. The Labute approximate surface area is 215 Å². The fourth-order valence-electron chi connectivity index (χ4n) is 3.47. The van der Waals surface area contributed by atoms with E-state index in [9.17, 15) is 4.79 Å². The summed E-state index contributed by atoms with van der Waals surface area (Å²) in [5.41, 5.74) is 3.18. The second-order valence-electron chi connectivity index (χ2n) is 7.28. The molecule has 0 aliphatic carbocycles. The van der Waals surface area contributed by atoms with Gasteiger partial charge in [-0.1, -0.05) is 0 Å². The van der Waals surface area contributed by atoms with Crippen LogP contribution in [-0.2, 0) is 0 Å². The number of methoxy groups -OCH3 is 4. The molecular weight excluding hydrogens is 532 g/mol. The molecule has 0 atom stereocenters. The van der Waals surface area contributed by atoms with Gasteiger partial charge in [0.15, 0.2) is 17.3 Å². The van der Waals surface area contributed by atoms with Crippen molar-refractivity contribution in [1.82, 2.24) is 4.98 Å². The van der Waals surface area contributed by atoms with Gasteiger partial charge in [0.25, 0.3) is 0 Å². The van der Waals surface area contributed by atoms with Crippen molar-refractivity contribution in [2.45, 2.75) is 0 Å². The van der Waals surface area contributed by atoms with Crippen LogP contribution < -0.4 is 24.3 Å². The van der Waals surface area contributed by atoms with Gasteiger partial charge in [-0.25, -0.2) is 4.98 Å². The number of thiazole rings is 1. The van der Waals surface area contributed by atoms with Crippen molar-refractivity contribution in [2.24, 2.45) is 0 Å². The number of hydrogen-bond donors (Lipinski definition) is 1. The van der Waals surface area contributed by atoms with Crippen LogP contribution in [0.1, 0.15) is 10.4 Å². The second kappa shape index (κ2) is 10.8. The molecule has 4 rings (SSSR count). The lowest BCUT2D eigenvalue weighted by Crippen LogP contribution is -2.03. The Morgan fingerprint density at radius 3 is 2.34 bits per heavy atom. The quantitative estimate of drug-likeness (QED) is 0.185. The van der Waals surface area contributed by atoms with E-state index < -0.39 is 0 Å². The number of aromatic nitrogens is 1. The molecule has 1 heterocycles. The largest absolute Gasteiger partial charge is 0.497 e. The van der Waals surface area contributed by atoms with Gasteiger partial charge in [0, 0.05) is 29.1 Å². The van der Waals surface area contributed by atoms with Crippen molar-refractivity contribution < 1.29 is 23.7 Å². The fourth-order valence-corrected chi connectivity index (χ4v) is 5.12. The molecule has 180 valence electrons. The zero-order chi connectivity index (χ0) is 24.9. The Morgan fingerprint density at radius 2 is 1.69 bits per heavy atom. The molecular formula is C26H23BrN2O5S. The molecule has 0 unspecified atom stereocenters. The number of ether oxygens (including phenoxy) is 4. The van der Waals surface area contributed by atoms with Crippen molar-refractivity contribution >= 4 is 49.0 Å². The number of fused-ring (bicyclic) bond motifs is 1. The van der Waals surface area contributed by atoms with Gasteiger partial charge in [0.2, 0.25) is 5.75 Å². The molecule has 7 nitrogen and oxygen atoms in total. The Bertz CT molecular complexity index is 1400. The number of allylic oxidation sites excluding steroid dienone is 1. The van der Waals surface area contributed by atoms with E-state index in [1.54, 1.807) is 30.7 Å². The first kappa shape index (κ1) is 24.6. The Balaban J connectivity index is 1.48. The van der Waals surface area contributed by atoms with E-state index in [1.807, 2.05) is 42.5 Å². The molecule has 0 fully saturated rings. The summed E-state index contributed by atoms with van der Waals surface area (Å²) >= 11 is 5.05. The van der Waals surface area contributed by atoms with Crippen molar-refractivity contribution in [3.63, 3.8) is 0 Å². The van der Waals surface area contributed by atoms with Gasteiger partial charge in [0.05, 0.1) is 43.1 Å². The van der Waals surface area contributed by atoms with E-state index >= 15 is 0 Å². The lowest BCUT2D eigenvalue weighted by Gasteiger charge is -2.15. The highest BCUT2D eigenvalue weighted by molar-refractivity contribution is 9.10. The number of nitrogens with zero attached hydrogens (tertiary/aromatic N) is 1. The van der Waals surface area contributed by atoms with Crippen LogP contribution in [0.15, 0.2) is 65.3 Å². The average Bonchev–Trinajstić information content (AvgIpc) is 3.31. The average molecular weight is 555 g/mol. The summed E-state index contributed by atoms with van der Waals surface area (Å²) < 4.78 is 23.0. The number of carbonyl (C=O) groups excluding carboxylic acids is 1. The highest BCUT2D eigenvalue weighted by Gasteiger charge is 2.21. The van der Waals surface area contributed by atoms with Gasteiger partial charge in [-0.3, -0.25) is 4.79 Å². The van der Waals surface area contributed by atoms with Gasteiger partial charge in [-0.15, -0.1) is 11.3 Å². The van der Waals surface area contributed by atoms with Crippen LogP contribution in [0.4, 0.5) is 5.69 Å². The molecule has 0 amide bonds. The molecule has 35 heavy (non-hydrogen) atoms. The minimum absolute atomic E-state index is 0.231. The van der Waals surface area contributed by atoms with Gasteiger partial charge in [0.1, 0.15) is 10.8 Å². The number of anilines is 1.